The molecule has 2 aromatic rings. The van der Waals surface area contributed by atoms with Crippen LogP contribution < -0.4 is 0 Å². The molecule has 1 N–H and O–H groups in total. The number of carbonyl (C=O) groups excluding carboxylic acids is 2. The number of aliphatic hydroxyl groups excluding tert-OH is 1. The third-order valence-electron chi connectivity index (χ3n) is 4.59. The number of hydrogen-bond donors (Lipinski definition) is 1. The molecule has 0 bridgehead atoms. The van der Waals surface area contributed by atoms with Crippen LogP contribution in [0.3, 0.4) is 0 Å². The molecule has 28 heavy (non-hydrogen) atoms. The van der Waals surface area contributed by atoms with Crippen LogP contribution in [-0.2, 0) is 16.0 Å². The Balaban J connectivity index is 1.89. The molecule has 0 unspecified atom stereocenters. The first-order chi connectivity index (χ1) is 13.3. The van der Waals surface area contributed by atoms with Gasteiger partial charge in [0, 0.05) is 0 Å². The molecule has 2 amide bonds. The summed E-state index contributed by atoms with van der Waals surface area (Å²) in [6.07, 6.45) is -8.17. The van der Waals surface area contributed by atoms with E-state index < -0.39 is 36.2 Å². The Morgan fingerprint density at radius 1 is 1.11 bits per heavy atom. The van der Waals surface area contributed by atoms with Crippen LogP contribution in [0.25, 0.3) is 0 Å². The molecule has 0 radical (unpaired) electrons. The first-order valence-corrected chi connectivity index (χ1v) is 8.62. The van der Waals surface area contributed by atoms with E-state index in [2.05, 4.69) is 0 Å². The van der Waals surface area contributed by atoms with Crippen LogP contribution in [0.4, 0.5) is 18.0 Å². The van der Waals surface area contributed by atoms with Crippen LogP contribution in [0, 0.1) is 5.92 Å². The van der Waals surface area contributed by atoms with Gasteiger partial charge in [-0.2, -0.15) is 13.2 Å². The van der Waals surface area contributed by atoms with Crippen molar-refractivity contribution < 1.29 is 32.6 Å². The summed E-state index contributed by atoms with van der Waals surface area (Å²) in [5, 5.41) is 10.3. The highest BCUT2D eigenvalue weighted by Crippen LogP contribution is 2.38. The molecule has 1 fully saturated rings. The molecule has 3 atom stereocenters. The average molecular weight is 393 g/mol. The number of rotatable bonds is 5. The molecule has 8 heteroatoms. The number of amides is 2. The molecule has 0 spiro atoms. The lowest BCUT2D eigenvalue weighted by molar-refractivity contribution is -0.207. The fourth-order valence-electron chi connectivity index (χ4n) is 3.21. The fourth-order valence-corrected chi connectivity index (χ4v) is 3.21. The highest BCUT2D eigenvalue weighted by Gasteiger charge is 2.54. The second-order valence-corrected chi connectivity index (χ2v) is 6.50. The van der Waals surface area contributed by atoms with E-state index in [1.165, 1.54) is 24.3 Å². The zero-order valence-corrected chi connectivity index (χ0v) is 14.7. The summed E-state index contributed by atoms with van der Waals surface area (Å²) in [7, 11) is 0. The minimum Gasteiger partial charge on any atom is -0.447 e. The molecule has 0 aromatic heterocycles. The van der Waals surface area contributed by atoms with Gasteiger partial charge in [0.1, 0.15) is 6.61 Å². The lowest BCUT2D eigenvalue weighted by atomic mass is 9.93. The first kappa shape index (κ1) is 19.9. The van der Waals surface area contributed by atoms with E-state index in [1.807, 2.05) is 0 Å². The highest BCUT2D eigenvalue weighted by molar-refractivity contribution is 5.95. The Morgan fingerprint density at radius 2 is 1.68 bits per heavy atom. The van der Waals surface area contributed by atoms with Gasteiger partial charge in [0.25, 0.3) is 0 Å². The van der Waals surface area contributed by atoms with Crippen molar-refractivity contribution in [1.82, 2.24) is 4.90 Å². The highest BCUT2D eigenvalue weighted by atomic mass is 19.4. The van der Waals surface area contributed by atoms with E-state index in [4.69, 9.17) is 4.74 Å². The van der Waals surface area contributed by atoms with Gasteiger partial charge in [-0.1, -0.05) is 60.7 Å². The Kier molecular flexibility index (Phi) is 5.69. The predicted octanol–water partition coefficient (Wildman–Crippen LogP) is 3.49. The summed E-state index contributed by atoms with van der Waals surface area (Å²) in [4.78, 5) is 25.3. The van der Waals surface area contributed by atoms with Crippen molar-refractivity contribution in [2.24, 2.45) is 5.92 Å². The minimum atomic E-state index is -5.05. The molecule has 3 rings (SSSR count). The third-order valence-corrected chi connectivity index (χ3v) is 4.59. The van der Waals surface area contributed by atoms with Crippen molar-refractivity contribution >= 4 is 12.0 Å². The summed E-state index contributed by atoms with van der Waals surface area (Å²) >= 11 is 0. The van der Waals surface area contributed by atoms with Gasteiger partial charge < -0.3 is 9.84 Å². The van der Waals surface area contributed by atoms with Gasteiger partial charge in [0.2, 0.25) is 5.91 Å². The number of nitrogens with zero attached hydrogens (tertiary/aromatic N) is 1. The summed E-state index contributed by atoms with van der Waals surface area (Å²) < 4.78 is 45.9. The Morgan fingerprint density at radius 3 is 2.25 bits per heavy atom. The molecular weight excluding hydrogens is 375 g/mol. The number of halogens is 3. The van der Waals surface area contributed by atoms with Gasteiger partial charge >= 0.3 is 12.3 Å². The average Bonchev–Trinajstić information content (AvgIpc) is 3.02. The molecule has 2 aromatic carbocycles. The molecule has 1 heterocycles. The van der Waals surface area contributed by atoms with Crippen molar-refractivity contribution in [3.8, 4) is 0 Å². The van der Waals surface area contributed by atoms with Crippen LogP contribution in [0.2, 0.25) is 0 Å². The summed E-state index contributed by atoms with van der Waals surface area (Å²) in [6.45, 7) is -0.203. The lowest BCUT2D eigenvalue weighted by Crippen LogP contribution is -2.49. The second kappa shape index (κ2) is 8.02. The van der Waals surface area contributed by atoms with E-state index in [1.54, 1.807) is 36.4 Å². The van der Waals surface area contributed by atoms with E-state index in [9.17, 15) is 27.9 Å². The predicted molar refractivity (Wildman–Crippen MR) is 93.1 cm³/mol. The van der Waals surface area contributed by atoms with Gasteiger partial charge in [-0.15, -0.1) is 0 Å². The van der Waals surface area contributed by atoms with Crippen molar-refractivity contribution in [3.63, 3.8) is 0 Å². The summed E-state index contributed by atoms with van der Waals surface area (Å²) in [5.41, 5.74) is 0.682. The fraction of sp³-hybridized carbons (Fsp3) is 0.300. The normalized spacial score (nSPS) is 19.2. The van der Waals surface area contributed by atoms with Crippen LogP contribution >= 0.6 is 0 Å². The monoisotopic (exact) mass is 393 g/mol. The van der Waals surface area contributed by atoms with E-state index >= 15 is 0 Å². The van der Waals surface area contributed by atoms with E-state index in [-0.39, 0.29) is 18.6 Å². The number of cyclic esters (lactones) is 1. The number of hydrogen-bond acceptors (Lipinski definition) is 4. The maximum absolute atomic E-state index is 13.7. The van der Waals surface area contributed by atoms with Crippen molar-refractivity contribution in [1.29, 1.82) is 0 Å². The van der Waals surface area contributed by atoms with Crippen LogP contribution in [0.15, 0.2) is 60.7 Å². The number of carbonyl (C=O) groups is 2. The third kappa shape index (κ3) is 4.17. The summed E-state index contributed by atoms with van der Waals surface area (Å²) in [5.74, 6) is -4.30. The molecule has 0 aliphatic carbocycles. The topological polar surface area (TPSA) is 66.8 Å². The van der Waals surface area contributed by atoms with Crippen LogP contribution in [0.5, 0.6) is 0 Å². The van der Waals surface area contributed by atoms with E-state index in [0.717, 1.165) is 5.56 Å². The van der Waals surface area contributed by atoms with Crippen molar-refractivity contribution in [3.05, 3.63) is 71.8 Å². The minimum absolute atomic E-state index is 0.0645. The van der Waals surface area contributed by atoms with Gasteiger partial charge in [0.05, 0.1) is 12.1 Å². The Labute approximate surface area is 159 Å². The zero-order chi connectivity index (χ0) is 20.3. The number of ether oxygens (including phenoxy) is 1. The molecule has 148 valence electrons. The number of benzene rings is 2. The lowest BCUT2D eigenvalue weighted by Gasteiger charge is -2.29. The standard InChI is InChI=1S/C20H18F3NO4/c21-20(22,23)16(17(25)14-9-5-2-6-10-14)18(26)24-15(12-28-19(24)27)11-13-7-3-1-4-8-13/h1-10,15-17,25H,11-12H2/t15-,16+,17-/m0/s1. The first-order valence-electron chi connectivity index (χ1n) is 8.62. The van der Waals surface area contributed by atoms with Gasteiger partial charge in [-0.25, -0.2) is 9.69 Å². The van der Waals surface area contributed by atoms with Crippen LogP contribution in [-0.4, -0.2) is 40.8 Å². The number of aliphatic hydroxyl groups is 1. The van der Waals surface area contributed by atoms with Crippen molar-refractivity contribution in [2.45, 2.75) is 24.7 Å². The molecule has 5 nitrogen and oxygen atoms in total. The van der Waals surface area contributed by atoms with Crippen molar-refractivity contribution in [2.75, 3.05) is 6.61 Å². The Hall–Kier alpha value is -2.87. The van der Waals surface area contributed by atoms with Gasteiger partial charge in [-0.3, -0.25) is 4.79 Å². The largest absolute Gasteiger partial charge is 0.447 e. The SMILES string of the molecule is O=C1OC[C@H](Cc2ccccc2)N1C(=O)[C@@H]([C@@H](O)c1ccccc1)C(F)(F)F. The van der Waals surface area contributed by atoms with Gasteiger partial charge in [-0.05, 0) is 17.5 Å². The van der Waals surface area contributed by atoms with Crippen LogP contribution in [0.1, 0.15) is 17.2 Å². The maximum Gasteiger partial charge on any atom is 0.417 e. The molecular formula is C20H18F3NO4. The quantitative estimate of drug-likeness (QED) is 0.845. The summed E-state index contributed by atoms with van der Waals surface area (Å²) in [6, 6.07) is 15.0. The maximum atomic E-state index is 13.7. The zero-order valence-electron chi connectivity index (χ0n) is 14.7. The molecule has 1 aliphatic rings. The smallest absolute Gasteiger partial charge is 0.417 e. The molecule has 1 aliphatic heterocycles. The van der Waals surface area contributed by atoms with E-state index in [0.29, 0.717) is 4.90 Å². The second-order valence-electron chi connectivity index (χ2n) is 6.50. The Bertz CT molecular complexity index is 826. The van der Waals surface area contributed by atoms with Gasteiger partial charge in [0.15, 0.2) is 5.92 Å². The molecule has 1 saturated heterocycles. The molecule has 0 saturated carbocycles. The number of alkyl halides is 3. The number of imide groups is 1.